The summed E-state index contributed by atoms with van der Waals surface area (Å²) in [5, 5.41) is 0. The van der Waals surface area contributed by atoms with E-state index >= 15 is 0 Å². The number of nitrogens with zero attached hydrogens (tertiary/aromatic N) is 2. The second-order valence-electron chi connectivity index (χ2n) is 3.00. The molecule has 0 unspecified atom stereocenters. The number of carbonyl (C=O) groups excluding carboxylic acids is 1. The van der Waals surface area contributed by atoms with Gasteiger partial charge in [-0.2, -0.15) is 0 Å². The molecule has 5 heteroatoms. The third kappa shape index (κ3) is 2.44. The van der Waals surface area contributed by atoms with E-state index in [0.29, 0.717) is 0 Å². The van der Waals surface area contributed by atoms with Crippen molar-refractivity contribution < 1.29 is 9.63 Å². The summed E-state index contributed by atoms with van der Waals surface area (Å²) in [4.78, 5) is 19.4. The fourth-order valence-corrected chi connectivity index (χ4v) is 1.22. The van der Waals surface area contributed by atoms with Gasteiger partial charge in [0.1, 0.15) is 6.61 Å². The second-order valence-corrected chi connectivity index (χ2v) is 3.00. The molecule has 1 aliphatic heterocycles. The molecule has 0 saturated carbocycles. The van der Waals surface area contributed by atoms with Crippen LogP contribution >= 0.6 is 0 Å². The van der Waals surface area contributed by atoms with E-state index in [0.717, 1.165) is 26.2 Å². The van der Waals surface area contributed by atoms with Gasteiger partial charge in [-0.15, -0.1) is 0 Å². The highest BCUT2D eigenvalue weighted by molar-refractivity contribution is 5.77. The minimum absolute atomic E-state index is 0.0102. The predicted molar refractivity (Wildman–Crippen MR) is 44.2 cm³/mol. The van der Waals surface area contributed by atoms with Crippen LogP contribution in [0.2, 0.25) is 0 Å². The molecule has 1 rings (SSSR count). The molecule has 0 aromatic heterocycles. The molecule has 2 N–H and O–H groups in total. The Morgan fingerprint density at radius 3 is 2.50 bits per heavy atom. The van der Waals surface area contributed by atoms with E-state index in [1.165, 1.54) is 0 Å². The Bertz CT molecular complexity index is 155. The Balaban J connectivity index is 2.29. The molecule has 0 atom stereocenters. The number of likely N-dealkylation sites (N-methyl/N-ethyl adjacent to an activating group) is 1. The van der Waals surface area contributed by atoms with E-state index in [1.54, 1.807) is 4.90 Å². The van der Waals surface area contributed by atoms with Crippen LogP contribution in [-0.2, 0) is 9.63 Å². The fourth-order valence-electron chi connectivity index (χ4n) is 1.22. The summed E-state index contributed by atoms with van der Waals surface area (Å²) >= 11 is 0. The van der Waals surface area contributed by atoms with E-state index in [1.807, 2.05) is 7.05 Å². The summed E-state index contributed by atoms with van der Waals surface area (Å²) < 4.78 is 0. The van der Waals surface area contributed by atoms with E-state index < -0.39 is 0 Å². The van der Waals surface area contributed by atoms with Crippen molar-refractivity contribution in [2.75, 3.05) is 39.8 Å². The minimum Gasteiger partial charge on any atom is -0.338 e. The first-order valence-electron chi connectivity index (χ1n) is 4.02. The first kappa shape index (κ1) is 9.44. The van der Waals surface area contributed by atoms with E-state index in [-0.39, 0.29) is 12.5 Å². The van der Waals surface area contributed by atoms with Gasteiger partial charge in [0, 0.05) is 26.2 Å². The molecule has 1 aliphatic rings. The number of carbonyl (C=O) groups is 1. The lowest BCUT2D eigenvalue weighted by atomic mass is 10.3. The van der Waals surface area contributed by atoms with E-state index in [4.69, 9.17) is 5.90 Å². The molecule has 12 heavy (non-hydrogen) atoms. The zero-order chi connectivity index (χ0) is 8.97. The summed E-state index contributed by atoms with van der Waals surface area (Å²) in [6.07, 6.45) is 0. The van der Waals surface area contributed by atoms with Crippen molar-refractivity contribution in [3.8, 4) is 0 Å². The van der Waals surface area contributed by atoms with Crippen LogP contribution < -0.4 is 5.90 Å². The molecule has 1 amide bonds. The highest BCUT2D eigenvalue weighted by Crippen LogP contribution is 1.98. The highest BCUT2D eigenvalue weighted by atomic mass is 16.6. The standard InChI is InChI=1S/C7H15N3O2/c1-9-2-4-10(5-3-9)7(11)6-12-8/h2-6,8H2,1H3. The van der Waals surface area contributed by atoms with Crippen LogP contribution in [0.25, 0.3) is 0 Å². The second kappa shape index (κ2) is 4.39. The van der Waals surface area contributed by atoms with Gasteiger partial charge in [0.2, 0.25) is 0 Å². The maximum absolute atomic E-state index is 11.2. The monoisotopic (exact) mass is 173 g/mol. The fraction of sp³-hybridized carbons (Fsp3) is 0.857. The summed E-state index contributed by atoms with van der Waals surface area (Å²) in [6.45, 7) is 3.40. The van der Waals surface area contributed by atoms with Gasteiger partial charge in [0.15, 0.2) is 0 Å². The molecule has 0 aliphatic carbocycles. The highest BCUT2D eigenvalue weighted by Gasteiger charge is 2.18. The molecular formula is C7H15N3O2. The van der Waals surface area contributed by atoms with Crippen LogP contribution in [0.4, 0.5) is 0 Å². The van der Waals surface area contributed by atoms with Crippen LogP contribution in [0.3, 0.4) is 0 Å². The van der Waals surface area contributed by atoms with Crippen molar-refractivity contribution in [1.29, 1.82) is 0 Å². The smallest absolute Gasteiger partial charge is 0.250 e. The van der Waals surface area contributed by atoms with Gasteiger partial charge in [-0.3, -0.25) is 9.63 Å². The molecular weight excluding hydrogens is 158 g/mol. The first-order valence-corrected chi connectivity index (χ1v) is 4.02. The molecule has 0 radical (unpaired) electrons. The molecule has 0 spiro atoms. The van der Waals surface area contributed by atoms with Gasteiger partial charge in [0.05, 0.1) is 0 Å². The quantitative estimate of drug-likeness (QED) is 0.525. The maximum Gasteiger partial charge on any atom is 0.250 e. The van der Waals surface area contributed by atoms with Crippen LogP contribution in [0, 0.1) is 0 Å². The Morgan fingerprint density at radius 2 is 2.00 bits per heavy atom. The van der Waals surface area contributed by atoms with Gasteiger partial charge in [0.25, 0.3) is 5.91 Å². The summed E-state index contributed by atoms with van der Waals surface area (Å²) in [6, 6.07) is 0. The summed E-state index contributed by atoms with van der Waals surface area (Å²) in [7, 11) is 2.04. The zero-order valence-corrected chi connectivity index (χ0v) is 7.32. The van der Waals surface area contributed by atoms with E-state index in [2.05, 4.69) is 9.74 Å². The van der Waals surface area contributed by atoms with Gasteiger partial charge >= 0.3 is 0 Å². The van der Waals surface area contributed by atoms with Crippen molar-refractivity contribution in [1.82, 2.24) is 9.80 Å². The average molecular weight is 173 g/mol. The molecule has 1 fully saturated rings. The van der Waals surface area contributed by atoms with E-state index in [9.17, 15) is 4.79 Å². The number of piperazine rings is 1. The lowest BCUT2D eigenvalue weighted by Crippen LogP contribution is -2.48. The SMILES string of the molecule is CN1CCN(C(=O)CON)CC1. The van der Waals surface area contributed by atoms with Crippen LogP contribution in [0.1, 0.15) is 0 Å². The van der Waals surface area contributed by atoms with Crippen molar-refractivity contribution in [3.63, 3.8) is 0 Å². The number of nitrogens with two attached hydrogens (primary N) is 1. The van der Waals surface area contributed by atoms with Crippen molar-refractivity contribution >= 4 is 5.91 Å². The molecule has 0 aromatic rings. The van der Waals surface area contributed by atoms with Gasteiger partial charge in [-0.25, -0.2) is 5.90 Å². The lowest BCUT2D eigenvalue weighted by molar-refractivity contribution is -0.137. The molecule has 5 nitrogen and oxygen atoms in total. The minimum atomic E-state index is -0.0226. The third-order valence-electron chi connectivity index (χ3n) is 2.06. The lowest BCUT2D eigenvalue weighted by Gasteiger charge is -2.32. The van der Waals surface area contributed by atoms with Crippen molar-refractivity contribution in [3.05, 3.63) is 0 Å². The number of rotatable bonds is 2. The molecule has 1 saturated heterocycles. The van der Waals surface area contributed by atoms with Gasteiger partial charge in [-0.05, 0) is 7.05 Å². The van der Waals surface area contributed by atoms with Gasteiger partial charge < -0.3 is 9.80 Å². The topological polar surface area (TPSA) is 58.8 Å². The predicted octanol–water partition coefficient (Wildman–Crippen LogP) is -1.35. The Labute approximate surface area is 72.0 Å². The molecule has 70 valence electrons. The van der Waals surface area contributed by atoms with Crippen molar-refractivity contribution in [2.45, 2.75) is 0 Å². The first-order chi connectivity index (χ1) is 5.74. The molecule has 0 bridgehead atoms. The Hall–Kier alpha value is -0.650. The summed E-state index contributed by atoms with van der Waals surface area (Å²) in [5.74, 6) is 4.78. The summed E-state index contributed by atoms with van der Waals surface area (Å²) in [5.41, 5.74) is 0. The molecule has 1 heterocycles. The third-order valence-corrected chi connectivity index (χ3v) is 2.06. The maximum atomic E-state index is 11.2. The van der Waals surface area contributed by atoms with Crippen LogP contribution in [-0.4, -0.2) is 55.5 Å². The number of hydrogen-bond acceptors (Lipinski definition) is 4. The van der Waals surface area contributed by atoms with Gasteiger partial charge in [-0.1, -0.05) is 0 Å². The largest absolute Gasteiger partial charge is 0.338 e. The number of hydrogen-bond donors (Lipinski definition) is 1. The average Bonchev–Trinajstić information content (AvgIpc) is 2.06. The normalized spacial score (nSPS) is 19.7. The van der Waals surface area contributed by atoms with Crippen LogP contribution in [0.15, 0.2) is 0 Å². The van der Waals surface area contributed by atoms with Crippen molar-refractivity contribution in [2.24, 2.45) is 5.90 Å². The Kier molecular flexibility index (Phi) is 3.46. The molecule has 0 aromatic carbocycles. The zero-order valence-electron chi connectivity index (χ0n) is 7.32. The van der Waals surface area contributed by atoms with Crippen LogP contribution in [0.5, 0.6) is 0 Å². The number of amides is 1. The Morgan fingerprint density at radius 1 is 1.42 bits per heavy atom.